The molecule has 0 heterocycles. The normalized spacial score (nSPS) is 16.8. The molecule has 0 spiro atoms. The molecule has 0 radical (unpaired) electrons. The maximum atomic E-state index is 7.52. The molecule has 1 aliphatic rings. The second-order valence-corrected chi connectivity index (χ2v) is 6.19. The average molecular weight is 259 g/mol. The first-order valence-electron chi connectivity index (χ1n) is 7.12. The molecule has 3 heteroatoms. The van der Waals surface area contributed by atoms with Crippen LogP contribution in [-0.4, -0.2) is 23.3 Å². The molecule has 0 amide bonds. The van der Waals surface area contributed by atoms with Gasteiger partial charge in [-0.3, -0.25) is 10.3 Å². The van der Waals surface area contributed by atoms with Gasteiger partial charge in [-0.1, -0.05) is 30.3 Å². The van der Waals surface area contributed by atoms with Crippen LogP contribution in [0.3, 0.4) is 0 Å². The summed E-state index contributed by atoms with van der Waals surface area (Å²) in [4.78, 5) is 2.51. The van der Waals surface area contributed by atoms with Gasteiger partial charge in [0.25, 0.3) is 0 Å². The first-order valence-corrected chi connectivity index (χ1v) is 7.12. The van der Waals surface area contributed by atoms with Gasteiger partial charge in [-0.15, -0.1) is 0 Å². The Hall–Kier alpha value is -1.35. The number of hydrogen-bond donors (Lipinski definition) is 2. The standard InChI is InChI=1S/C16H25N3/c1-13(2)19(11-14-6-4-3-5-7-14)12-16(8-9-16)10-15(17)18/h3-7,13H,8-12H2,1-2H3,(H3,17,18). The van der Waals surface area contributed by atoms with Gasteiger partial charge in [0.1, 0.15) is 0 Å². The van der Waals surface area contributed by atoms with E-state index < -0.39 is 0 Å². The van der Waals surface area contributed by atoms with Crippen LogP contribution in [0.25, 0.3) is 0 Å². The summed E-state index contributed by atoms with van der Waals surface area (Å²) in [5, 5.41) is 7.52. The van der Waals surface area contributed by atoms with E-state index in [1.807, 2.05) is 0 Å². The number of nitrogens with zero attached hydrogens (tertiary/aromatic N) is 1. The van der Waals surface area contributed by atoms with Crippen LogP contribution in [0.2, 0.25) is 0 Å². The Balaban J connectivity index is 1.99. The molecule has 104 valence electrons. The molecule has 0 aliphatic heterocycles. The molecule has 1 aromatic carbocycles. The monoisotopic (exact) mass is 259 g/mol. The molecule has 1 aromatic rings. The Morgan fingerprint density at radius 3 is 2.42 bits per heavy atom. The van der Waals surface area contributed by atoms with Gasteiger partial charge >= 0.3 is 0 Å². The summed E-state index contributed by atoms with van der Waals surface area (Å²) in [5.41, 5.74) is 7.23. The summed E-state index contributed by atoms with van der Waals surface area (Å²) in [7, 11) is 0. The van der Waals surface area contributed by atoms with Crippen molar-refractivity contribution in [3.8, 4) is 0 Å². The van der Waals surface area contributed by atoms with E-state index in [2.05, 4.69) is 49.1 Å². The predicted molar refractivity (Wildman–Crippen MR) is 80.2 cm³/mol. The summed E-state index contributed by atoms with van der Waals surface area (Å²) in [5.74, 6) is 0.334. The van der Waals surface area contributed by atoms with E-state index in [-0.39, 0.29) is 5.41 Å². The van der Waals surface area contributed by atoms with Gasteiger partial charge in [0.05, 0.1) is 5.84 Å². The lowest BCUT2D eigenvalue weighted by molar-refractivity contribution is 0.171. The Labute approximate surface area is 116 Å². The van der Waals surface area contributed by atoms with E-state index in [1.165, 1.54) is 18.4 Å². The van der Waals surface area contributed by atoms with Crippen LogP contribution in [0.15, 0.2) is 30.3 Å². The second-order valence-electron chi connectivity index (χ2n) is 6.19. The number of amidine groups is 1. The number of benzene rings is 1. The first kappa shape index (κ1) is 14.1. The SMILES string of the molecule is CC(C)N(Cc1ccccc1)CC1(CC(=N)N)CC1. The highest BCUT2D eigenvalue weighted by Gasteiger charge is 2.44. The van der Waals surface area contributed by atoms with E-state index >= 15 is 0 Å². The molecule has 3 nitrogen and oxygen atoms in total. The predicted octanol–water partition coefficient (Wildman–Crippen LogP) is 3.00. The lowest BCUT2D eigenvalue weighted by Crippen LogP contribution is -2.37. The summed E-state index contributed by atoms with van der Waals surface area (Å²) in [6.45, 7) is 6.52. The van der Waals surface area contributed by atoms with Gasteiger partial charge in [0.15, 0.2) is 0 Å². The Morgan fingerprint density at radius 2 is 1.95 bits per heavy atom. The van der Waals surface area contributed by atoms with Crippen molar-refractivity contribution < 1.29 is 0 Å². The van der Waals surface area contributed by atoms with E-state index in [4.69, 9.17) is 11.1 Å². The third-order valence-electron chi connectivity index (χ3n) is 4.02. The molecule has 0 saturated heterocycles. The van der Waals surface area contributed by atoms with Gasteiger partial charge in [0, 0.05) is 25.6 Å². The minimum Gasteiger partial charge on any atom is -0.388 e. The van der Waals surface area contributed by atoms with Crippen LogP contribution in [-0.2, 0) is 6.54 Å². The second kappa shape index (κ2) is 5.74. The van der Waals surface area contributed by atoms with Gasteiger partial charge in [0.2, 0.25) is 0 Å². The molecule has 0 aromatic heterocycles. The first-order chi connectivity index (χ1) is 9.01. The molecule has 0 unspecified atom stereocenters. The van der Waals surface area contributed by atoms with Gasteiger partial charge < -0.3 is 5.73 Å². The summed E-state index contributed by atoms with van der Waals surface area (Å²) >= 11 is 0. The number of nitrogens with one attached hydrogen (secondary N) is 1. The Kier molecular flexibility index (Phi) is 4.25. The lowest BCUT2D eigenvalue weighted by Gasteiger charge is -2.31. The maximum Gasteiger partial charge on any atom is 0.0911 e. The molecule has 1 saturated carbocycles. The smallest absolute Gasteiger partial charge is 0.0911 e. The Morgan fingerprint density at radius 1 is 1.32 bits per heavy atom. The molecular weight excluding hydrogens is 234 g/mol. The van der Waals surface area contributed by atoms with Gasteiger partial charge in [-0.25, -0.2) is 0 Å². The minimum absolute atomic E-state index is 0.283. The number of hydrogen-bond acceptors (Lipinski definition) is 2. The molecule has 1 aliphatic carbocycles. The van der Waals surface area contributed by atoms with Crippen LogP contribution in [0.4, 0.5) is 0 Å². The molecule has 3 N–H and O–H groups in total. The van der Waals surface area contributed by atoms with Crippen molar-refractivity contribution in [1.82, 2.24) is 4.90 Å². The van der Waals surface area contributed by atoms with Crippen molar-refractivity contribution in [3.63, 3.8) is 0 Å². The maximum absolute atomic E-state index is 7.52. The number of rotatable bonds is 7. The molecule has 0 atom stereocenters. The highest BCUT2D eigenvalue weighted by atomic mass is 15.2. The van der Waals surface area contributed by atoms with Crippen molar-refractivity contribution >= 4 is 5.84 Å². The Bertz CT molecular complexity index is 421. The van der Waals surface area contributed by atoms with Gasteiger partial charge in [-0.05, 0) is 37.7 Å². The fraction of sp³-hybridized carbons (Fsp3) is 0.562. The molecule has 19 heavy (non-hydrogen) atoms. The van der Waals surface area contributed by atoms with Crippen LogP contribution in [0.5, 0.6) is 0 Å². The zero-order chi connectivity index (χ0) is 13.9. The zero-order valence-corrected chi connectivity index (χ0v) is 12.0. The van der Waals surface area contributed by atoms with Crippen molar-refractivity contribution in [2.75, 3.05) is 6.54 Å². The van der Waals surface area contributed by atoms with Crippen molar-refractivity contribution in [1.29, 1.82) is 5.41 Å². The average Bonchev–Trinajstić information content (AvgIpc) is 3.08. The molecule has 2 rings (SSSR count). The summed E-state index contributed by atoms with van der Waals surface area (Å²) < 4.78 is 0. The van der Waals surface area contributed by atoms with Crippen LogP contribution in [0, 0.1) is 10.8 Å². The van der Waals surface area contributed by atoms with Crippen molar-refractivity contribution in [3.05, 3.63) is 35.9 Å². The molecule has 1 fully saturated rings. The topological polar surface area (TPSA) is 53.1 Å². The molecular formula is C16H25N3. The molecule has 0 bridgehead atoms. The van der Waals surface area contributed by atoms with Crippen molar-refractivity contribution in [2.24, 2.45) is 11.1 Å². The van der Waals surface area contributed by atoms with Crippen LogP contribution < -0.4 is 5.73 Å². The van der Waals surface area contributed by atoms with Gasteiger partial charge in [-0.2, -0.15) is 0 Å². The third kappa shape index (κ3) is 4.06. The highest BCUT2D eigenvalue weighted by Crippen LogP contribution is 2.49. The highest BCUT2D eigenvalue weighted by molar-refractivity contribution is 5.78. The quantitative estimate of drug-likeness (QED) is 0.584. The zero-order valence-electron chi connectivity index (χ0n) is 12.0. The lowest BCUT2D eigenvalue weighted by atomic mass is 10.00. The minimum atomic E-state index is 0.283. The fourth-order valence-electron chi connectivity index (χ4n) is 2.64. The van der Waals surface area contributed by atoms with E-state index in [0.29, 0.717) is 11.9 Å². The largest absolute Gasteiger partial charge is 0.388 e. The van der Waals surface area contributed by atoms with E-state index in [9.17, 15) is 0 Å². The third-order valence-corrected chi connectivity index (χ3v) is 4.02. The van der Waals surface area contributed by atoms with Crippen LogP contribution >= 0.6 is 0 Å². The summed E-state index contributed by atoms with van der Waals surface area (Å²) in [6.07, 6.45) is 3.18. The van der Waals surface area contributed by atoms with E-state index in [1.54, 1.807) is 0 Å². The van der Waals surface area contributed by atoms with Crippen molar-refractivity contribution in [2.45, 2.75) is 45.7 Å². The van der Waals surface area contributed by atoms with E-state index in [0.717, 1.165) is 19.5 Å². The number of nitrogens with two attached hydrogens (primary N) is 1. The summed E-state index contributed by atoms with van der Waals surface area (Å²) in [6, 6.07) is 11.1. The van der Waals surface area contributed by atoms with Crippen LogP contribution in [0.1, 0.15) is 38.7 Å². The fourth-order valence-corrected chi connectivity index (χ4v) is 2.64.